The number of aryl methyl sites for hydroxylation is 1. The molecule has 0 saturated heterocycles. The van der Waals surface area contributed by atoms with Crippen LogP contribution in [0.4, 0.5) is 0 Å². The van der Waals surface area contributed by atoms with Gasteiger partial charge < -0.3 is 18.8 Å². The molecule has 0 aliphatic rings. The summed E-state index contributed by atoms with van der Waals surface area (Å²) >= 11 is 0. The van der Waals surface area contributed by atoms with Gasteiger partial charge in [-0.15, -0.1) is 0 Å². The molecule has 2 aromatic carbocycles. The number of carbonyl (C=O) groups excluding carboxylic acids is 2. The number of fused-ring (bicyclic) bond motifs is 1. The lowest BCUT2D eigenvalue weighted by molar-refractivity contribution is -0.153. The number of para-hydroxylation sites is 1. The fourth-order valence-electron chi connectivity index (χ4n) is 3.91. The second-order valence-corrected chi connectivity index (χ2v) is 9.29. The van der Waals surface area contributed by atoms with Crippen LogP contribution in [0.15, 0.2) is 52.9 Å². The largest absolute Gasteiger partial charge is 0.493 e. The lowest BCUT2D eigenvalue weighted by Crippen LogP contribution is -2.27. The van der Waals surface area contributed by atoms with E-state index in [0.29, 0.717) is 25.3 Å². The Hall–Kier alpha value is -3.28. The van der Waals surface area contributed by atoms with Crippen LogP contribution in [-0.2, 0) is 16.1 Å². The van der Waals surface area contributed by atoms with Gasteiger partial charge in [-0.25, -0.2) is 0 Å². The van der Waals surface area contributed by atoms with E-state index in [9.17, 15) is 9.59 Å². The number of carbonyl (C=O) groups is 2. The van der Waals surface area contributed by atoms with Crippen molar-refractivity contribution in [2.75, 3.05) is 20.3 Å². The quantitative estimate of drug-likeness (QED) is 0.251. The van der Waals surface area contributed by atoms with Crippen LogP contribution < -0.4 is 4.74 Å². The van der Waals surface area contributed by atoms with Crippen LogP contribution in [0.5, 0.6) is 5.75 Å². The summed E-state index contributed by atoms with van der Waals surface area (Å²) in [6.45, 7) is 8.93. The fraction of sp³-hybridized carbons (Fsp3) is 0.429. The van der Waals surface area contributed by atoms with Gasteiger partial charge in [-0.05, 0) is 77.3 Å². The number of hydrogen-bond donors (Lipinski definition) is 0. The predicted octanol–water partition coefficient (Wildman–Crippen LogP) is 6.15. The predicted molar refractivity (Wildman–Crippen MR) is 133 cm³/mol. The lowest BCUT2D eigenvalue weighted by Gasteiger charge is -2.22. The third kappa shape index (κ3) is 6.40. The number of nitrogens with zero attached hydrogens (tertiary/aromatic N) is 1. The molecule has 0 saturated carbocycles. The van der Waals surface area contributed by atoms with E-state index < -0.39 is 5.41 Å². The molecule has 1 amide bonds. The van der Waals surface area contributed by atoms with Gasteiger partial charge in [0.1, 0.15) is 17.1 Å². The third-order valence-electron chi connectivity index (χ3n) is 5.89. The Labute approximate surface area is 201 Å². The van der Waals surface area contributed by atoms with Gasteiger partial charge >= 0.3 is 5.97 Å². The summed E-state index contributed by atoms with van der Waals surface area (Å²) in [5.41, 5.74) is 1.86. The highest BCUT2D eigenvalue weighted by molar-refractivity contribution is 5.97. The second-order valence-electron chi connectivity index (χ2n) is 9.29. The van der Waals surface area contributed by atoms with E-state index in [0.717, 1.165) is 47.3 Å². The minimum atomic E-state index is -0.491. The van der Waals surface area contributed by atoms with Gasteiger partial charge in [0, 0.05) is 30.1 Å². The number of furan rings is 1. The van der Waals surface area contributed by atoms with Gasteiger partial charge in [0.05, 0.1) is 18.6 Å². The van der Waals surface area contributed by atoms with E-state index in [1.807, 2.05) is 70.2 Å². The zero-order chi connectivity index (χ0) is 24.7. The average Bonchev–Trinajstić information content (AvgIpc) is 3.18. The Morgan fingerprint density at radius 2 is 1.82 bits per heavy atom. The lowest BCUT2D eigenvalue weighted by atomic mass is 9.87. The normalized spacial score (nSPS) is 11.4. The molecule has 34 heavy (non-hydrogen) atoms. The number of esters is 1. The maximum Gasteiger partial charge on any atom is 0.311 e. The summed E-state index contributed by atoms with van der Waals surface area (Å²) in [7, 11) is 1.79. The zero-order valence-electron chi connectivity index (χ0n) is 20.8. The van der Waals surface area contributed by atoms with Crippen LogP contribution in [0, 0.1) is 12.3 Å². The second kappa shape index (κ2) is 11.2. The van der Waals surface area contributed by atoms with Gasteiger partial charge in [-0.3, -0.25) is 9.59 Å². The molecule has 0 fully saturated rings. The molecule has 182 valence electrons. The number of unbranched alkanes of at least 4 members (excludes halogenated alkanes) is 1. The first kappa shape index (κ1) is 25.3. The molecule has 1 heterocycles. The van der Waals surface area contributed by atoms with Gasteiger partial charge in [-0.2, -0.15) is 0 Å². The summed E-state index contributed by atoms with van der Waals surface area (Å²) in [6, 6.07) is 15.2. The highest BCUT2D eigenvalue weighted by Crippen LogP contribution is 2.26. The number of amides is 1. The van der Waals surface area contributed by atoms with Crippen LogP contribution in [-0.4, -0.2) is 37.0 Å². The van der Waals surface area contributed by atoms with Gasteiger partial charge in [0.2, 0.25) is 0 Å². The van der Waals surface area contributed by atoms with E-state index in [4.69, 9.17) is 13.9 Å². The summed E-state index contributed by atoms with van der Waals surface area (Å²) in [6.07, 6.45) is 2.44. The summed E-state index contributed by atoms with van der Waals surface area (Å²) in [4.78, 5) is 26.7. The molecule has 0 radical (unpaired) electrons. The Kier molecular flexibility index (Phi) is 8.37. The Bertz CT molecular complexity index is 1130. The van der Waals surface area contributed by atoms with Crippen molar-refractivity contribution < 1.29 is 23.5 Å². The molecule has 0 N–H and O–H groups in total. The molecule has 0 aliphatic carbocycles. The SMILES string of the molecule is CCOC(=O)C(C)(C)CCCCOc1ccccc1CN(C)C(=O)c1ccc2oc(C)cc2c1. The maximum atomic E-state index is 13.0. The van der Waals surface area contributed by atoms with Crippen molar-refractivity contribution in [2.24, 2.45) is 5.41 Å². The molecule has 0 spiro atoms. The molecule has 6 nitrogen and oxygen atoms in total. The molecule has 0 unspecified atom stereocenters. The van der Waals surface area contributed by atoms with Gasteiger partial charge in [0.25, 0.3) is 5.91 Å². The van der Waals surface area contributed by atoms with E-state index >= 15 is 0 Å². The van der Waals surface area contributed by atoms with E-state index in [-0.39, 0.29) is 11.9 Å². The minimum absolute atomic E-state index is 0.0586. The summed E-state index contributed by atoms with van der Waals surface area (Å²) in [5.74, 6) is 1.38. The Balaban J connectivity index is 1.55. The van der Waals surface area contributed by atoms with Crippen molar-refractivity contribution in [3.8, 4) is 5.75 Å². The molecular weight excluding hydrogens is 430 g/mol. The van der Waals surface area contributed by atoms with E-state index in [1.165, 1.54) is 0 Å². The smallest absolute Gasteiger partial charge is 0.311 e. The van der Waals surface area contributed by atoms with Gasteiger partial charge in [-0.1, -0.05) is 18.2 Å². The summed E-state index contributed by atoms with van der Waals surface area (Å²) < 4.78 is 16.8. The molecule has 0 bridgehead atoms. The first-order chi connectivity index (χ1) is 16.2. The van der Waals surface area contributed by atoms with E-state index in [2.05, 4.69) is 0 Å². The van der Waals surface area contributed by atoms with Crippen molar-refractivity contribution in [3.63, 3.8) is 0 Å². The topological polar surface area (TPSA) is 69.0 Å². The van der Waals surface area contributed by atoms with Crippen LogP contribution in [0.2, 0.25) is 0 Å². The van der Waals surface area contributed by atoms with Crippen LogP contribution in [0.1, 0.15) is 61.7 Å². The molecule has 3 rings (SSSR count). The molecule has 1 aromatic heterocycles. The standard InChI is InChI=1S/C28H35NO5/c1-6-32-27(31)28(3,4)15-9-10-16-33-24-12-8-7-11-22(24)19-29(5)26(30)21-13-14-25-23(18-21)17-20(2)34-25/h7-8,11-14,17-18H,6,9-10,15-16,19H2,1-5H3. The number of ether oxygens (including phenoxy) is 2. The molecule has 0 aliphatic heterocycles. The molecular formula is C28H35NO5. The van der Waals surface area contributed by atoms with Crippen molar-refractivity contribution in [1.29, 1.82) is 0 Å². The molecule has 3 aromatic rings. The van der Waals surface area contributed by atoms with Crippen LogP contribution in [0.3, 0.4) is 0 Å². The third-order valence-corrected chi connectivity index (χ3v) is 5.89. The van der Waals surface area contributed by atoms with Crippen LogP contribution >= 0.6 is 0 Å². The van der Waals surface area contributed by atoms with Crippen molar-refractivity contribution in [1.82, 2.24) is 4.90 Å². The van der Waals surface area contributed by atoms with Crippen molar-refractivity contribution in [2.45, 2.75) is 53.5 Å². The highest BCUT2D eigenvalue weighted by Gasteiger charge is 2.28. The average molecular weight is 466 g/mol. The number of benzene rings is 2. The van der Waals surface area contributed by atoms with Gasteiger partial charge in [0.15, 0.2) is 0 Å². The Morgan fingerprint density at radius 3 is 2.59 bits per heavy atom. The minimum Gasteiger partial charge on any atom is -0.493 e. The van der Waals surface area contributed by atoms with Crippen molar-refractivity contribution >= 4 is 22.8 Å². The first-order valence-electron chi connectivity index (χ1n) is 11.8. The highest BCUT2D eigenvalue weighted by atomic mass is 16.5. The maximum absolute atomic E-state index is 13.0. The molecule has 6 heteroatoms. The van der Waals surface area contributed by atoms with Crippen LogP contribution in [0.25, 0.3) is 11.0 Å². The Morgan fingerprint density at radius 1 is 1.06 bits per heavy atom. The van der Waals surface area contributed by atoms with Crippen molar-refractivity contribution in [3.05, 3.63) is 65.4 Å². The summed E-state index contributed by atoms with van der Waals surface area (Å²) in [5, 5.41) is 0.923. The molecule has 0 atom stereocenters. The zero-order valence-corrected chi connectivity index (χ0v) is 20.8. The number of rotatable bonds is 11. The first-order valence-corrected chi connectivity index (χ1v) is 11.8. The van der Waals surface area contributed by atoms with E-state index in [1.54, 1.807) is 18.0 Å². The monoisotopic (exact) mass is 465 g/mol. The fourth-order valence-corrected chi connectivity index (χ4v) is 3.91. The number of hydrogen-bond acceptors (Lipinski definition) is 5.